The Morgan fingerprint density at radius 3 is 2.14 bits per heavy atom. The molecule has 116 valence electrons. The Balaban J connectivity index is 2.20. The van der Waals surface area contributed by atoms with Crippen LogP contribution < -0.4 is 10.1 Å². The van der Waals surface area contributed by atoms with Crippen LogP contribution >= 0.6 is 0 Å². The molecule has 0 radical (unpaired) electrons. The van der Waals surface area contributed by atoms with E-state index in [-0.39, 0.29) is 11.3 Å². The molecule has 0 aromatic heterocycles. The van der Waals surface area contributed by atoms with Crippen LogP contribution in [0.1, 0.15) is 10.4 Å². The quantitative estimate of drug-likeness (QED) is 0.940. The van der Waals surface area contributed by atoms with Crippen molar-refractivity contribution in [3.05, 3.63) is 53.6 Å². The highest BCUT2D eigenvalue weighted by Crippen LogP contribution is 2.25. The molecule has 1 amide bonds. The van der Waals surface area contributed by atoms with Crippen molar-refractivity contribution in [1.82, 2.24) is 0 Å². The number of carbonyl (C=O) groups excluding carboxylic acids is 1. The average molecular weight is 325 g/mol. The lowest BCUT2D eigenvalue weighted by atomic mass is 10.2. The molecule has 7 heteroatoms. The van der Waals surface area contributed by atoms with Gasteiger partial charge in [-0.1, -0.05) is 0 Å². The topological polar surface area (TPSA) is 55.4 Å². The fraction of sp³-hybridized carbons (Fsp3) is 0.133. The van der Waals surface area contributed by atoms with Gasteiger partial charge in [-0.2, -0.15) is 0 Å². The predicted octanol–water partition coefficient (Wildman–Crippen LogP) is 2.96. The van der Waals surface area contributed by atoms with Gasteiger partial charge in [0.15, 0.2) is 17.4 Å². The number of rotatable bonds is 4. The second-order valence-electron chi connectivity index (χ2n) is 4.41. The van der Waals surface area contributed by atoms with Gasteiger partial charge in [-0.25, -0.2) is 8.78 Å². The maximum absolute atomic E-state index is 13.6. The monoisotopic (exact) mass is 325 g/mol. The summed E-state index contributed by atoms with van der Waals surface area (Å²) in [4.78, 5) is 12.6. The van der Waals surface area contributed by atoms with Crippen molar-refractivity contribution in [3.8, 4) is 5.75 Å². The minimum atomic E-state index is -1.14. The molecule has 1 atom stereocenters. The summed E-state index contributed by atoms with van der Waals surface area (Å²) in [7, 11) is 0.00865. The fourth-order valence-corrected chi connectivity index (χ4v) is 2.35. The molecular weight excluding hydrogens is 312 g/mol. The highest BCUT2D eigenvalue weighted by molar-refractivity contribution is 7.84. The average Bonchev–Trinajstić information content (AvgIpc) is 2.47. The Morgan fingerprint density at radius 1 is 1.14 bits per heavy atom. The zero-order valence-corrected chi connectivity index (χ0v) is 12.7. The Morgan fingerprint density at radius 2 is 1.68 bits per heavy atom. The molecule has 22 heavy (non-hydrogen) atoms. The van der Waals surface area contributed by atoms with Crippen LogP contribution in [0.4, 0.5) is 14.5 Å². The van der Waals surface area contributed by atoms with E-state index in [1.165, 1.54) is 18.4 Å². The van der Waals surface area contributed by atoms with E-state index in [0.717, 1.165) is 19.2 Å². The van der Waals surface area contributed by atoms with Gasteiger partial charge in [-0.3, -0.25) is 9.00 Å². The first-order valence-electron chi connectivity index (χ1n) is 6.20. The second-order valence-corrected chi connectivity index (χ2v) is 5.79. The zero-order valence-electron chi connectivity index (χ0n) is 11.9. The van der Waals surface area contributed by atoms with Crippen molar-refractivity contribution in [2.24, 2.45) is 0 Å². The van der Waals surface area contributed by atoms with Gasteiger partial charge < -0.3 is 10.1 Å². The van der Waals surface area contributed by atoms with E-state index < -0.39 is 34.1 Å². The van der Waals surface area contributed by atoms with Gasteiger partial charge in [0.05, 0.1) is 7.11 Å². The van der Waals surface area contributed by atoms with Crippen LogP contribution in [0.2, 0.25) is 0 Å². The second kappa shape index (κ2) is 6.65. The lowest BCUT2D eigenvalue weighted by molar-refractivity contribution is 0.102. The van der Waals surface area contributed by atoms with Gasteiger partial charge in [0, 0.05) is 45.3 Å². The third-order valence-electron chi connectivity index (χ3n) is 2.91. The molecule has 2 aromatic rings. The van der Waals surface area contributed by atoms with Crippen LogP contribution in [0.5, 0.6) is 5.75 Å². The lowest BCUT2D eigenvalue weighted by Crippen LogP contribution is -2.12. The van der Waals surface area contributed by atoms with Gasteiger partial charge in [0.1, 0.15) is 0 Å². The van der Waals surface area contributed by atoms with E-state index in [1.54, 1.807) is 12.1 Å². The maximum Gasteiger partial charge on any atom is 0.255 e. The van der Waals surface area contributed by atoms with Crippen LogP contribution in [0.3, 0.4) is 0 Å². The molecule has 0 saturated heterocycles. The maximum atomic E-state index is 13.6. The van der Waals surface area contributed by atoms with Crippen LogP contribution in [-0.4, -0.2) is 23.5 Å². The highest BCUT2D eigenvalue weighted by atomic mass is 32.2. The Labute approximate surface area is 128 Å². The molecule has 0 fully saturated rings. The van der Waals surface area contributed by atoms with Crippen molar-refractivity contribution in [2.75, 3.05) is 18.7 Å². The van der Waals surface area contributed by atoms with Crippen molar-refractivity contribution in [3.63, 3.8) is 0 Å². The first kappa shape index (κ1) is 16.1. The number of anilines is 1. The Bertz CT molecular complexity index is 709. The number of nitrogens with one attached hydrogen (secondary N) is 1. The number of halogens is 2. The van der Waals surface area contributed by atoms with Gasteiger partial charge in [0.2, 0.25) is 0 Å². The number of hydrogen-bond donors (Lipinski definition) is 1. The van der Waals surface area contributed by atoms with Crippen LogP contribution in [0.25, 0.3) is 0 Å². The summed E-state index contributed by atoms with van der Waals surface area (Å²) in [6.45, 7) is 0. The molecule has 0 spiro atoms. The molecule has 0 saturated carbocycles. The zero-order chi connectivity index (χ0) is 16.3. The smallest absolute Gasteiger partial charge is 0.255 e. The van der Waals surface area contributed by atoms with E-state index in [9.17, 15) is 17.8 Å². The molecule has 4 nitrogen and oxygen atoms in total. The number of amides is 1. The lowest BCUT2D eigenvalue weighted by Gasteiger charge is -2.09. The van der Waals surface area contributed by atoms with Crippen LogP contribution in [0.15, 0.2) is 41.3 Å². The van der Waals surface area contributed by atoms with Crippen molar-refractivity contribution in [1.29, 1.82) is 0 Å². The summed E-state index contributed by atoms with van der Waals surface area (Å²) in [5.74, 6) is -2.85. The first-order valence-corrected chi connectivity index (χ1v) is 7.76. The van der Waals surface area contributed by atoms with E-state index in [1.807, 2.05) is 0 Å². The SMILES string of the molecule is COc1c(F)cc(NC(=O)c2ccc(S(C)=O)cc2)cc1F. The number of ether oxygens (including phenoxy) is 1. The van der Waals surface area contributed by atoms with Crippen molar-refractivity contribution in [2.45, 2.75) is 4.90 Å². The van der Waals surface area contributed by atoms with E-state index in [4.69, 9.17) is 0 Å². The fourth-order valence-electron chi connectivity index (χ4n) is 1.83. The van der Waals surface area contributed by atoms with Gasteiger partial charge in [0.25, 0.3) is 5.91 Å². The molecule has 2 rings (SSSR count). The minimum absolute atomic E-state index is 0.0241. The molecule has 0 heterocycles. The van der Waals surface area contributed by atoms with Crippen LogP contribution in [0, 0.1) is 11.6 Å². The summed E-state index contributed by atoms with van der Waals surface area (Å²) in [5.41, 5.74) is 0.259. The standard InChI is InChI=1S/C15H13F2NO3S/c1-21-14-12(16)7-10(8-13(14)17)18-15(19)9-3-5-11(6-4-9)22(2)20/h3-8H,1-2H3,(H,18,19). The molecule has 0 aliphatic carbocycles. The summed E-state index contributed by atoms with van der Waals surface area (Å²) in [6, 6.07) is 8.02. The molecule has 0 bridgehead atoms. The van der Waals surface area contributed by atoms with E-state index in [2.05, 4.69) is 10.1 Å². The number of benzene rings is 2. The molecular formula is C15H13F2NO3S. The normalized spacial score (nSPS) is 11.8. The Kier molecular flexibility index (Phi) is 4.87. The van der Waals surface area contributed by atoms with Gasteiger partial charge in [-0.15, -0.1) is 0 Å². The van der Waals surface area contributed by atoms with E-state index >= 15 is 0 Å². The minimum Gasteiger partial charge on any atom is -0.491 e. The number of methoxy groups -OCH3 is 1. The third-order valence-corrected chi connectivity index (χ3v) is 3.84. The third kappa shape index (κ3) is 3.48. The molecule has 1 unspecified atom stereocenters. The molecule has 1 N–H and O–H groups in total. The summed E-state index contributed by atoms with van der Waals surface area (Å²) < 4.78 is 42.9. The van der Waals surface area contributed by atoms with Crippen LogP contribution in [-0.2, 0) is 10.8 Å². The van der Waals surface area contributed by atoms with E-state index in [0.29, 0.717) is 4.90 Å². The van der Waals surface area contributed by atoms with Gasteiger partial charge in [-0.05, 0) is 24.3 Å². The summed E-state index contributed by atoms with van der Waals surface area (Å²) in [6.07, 6.45) is 1.53. The van der Waals surface area contributed by atoms with Gasteiger partial charge >= 0.3 is 0 Å². The van der Waals surface area contributed by atoms with Crippen molar-refractivity contribution >= 4 is 22.4 Å². The Hall–Kier alpha value is -2.28. The molecule has 0 aliphatic rings. The first-order chi connectivity index (χ1) is 10.4. The number of carbonyl (C=O) groups is 1. The predicted molar refractivity (Wildman–Crippen MR) is 79.6 cm³/mol. The largest absolute Gasteiger partial charge is 0.491 e. The molecule has 2 aromatic carbocycles. The summed E-state index contributed by atoms with van der Waals surface area (Å²) >= 11 is 0. The molecule has 0 aliphatic heterocycles. The summed E-state index contributed by atoms with van der Waals surface area (Å²) in [5, 5.41) is 2.39. The highest BCUT2D eigenvalue weighted by Gasteiger charge is 2.14. The van der Waals surface area contributed by atoms with Crippen molar-refractivity contribution < 1.29 is 22.5 Å². The number of hydrogen-bond acceptors (Lipinski definition) is 3.